The number of hydrogen-bond acceptors (Lipinski definition) is 3. The molecule has 2 saturated carbocycles. The number of aromatic nitrogens is 3. The first-order chi connectivity index (χ1) is 7.09. The van der Waals surface area contributed by atoms with E-state index in [1.54, 1.807) is 0 Å². The largest absolute Gasteiger partial charge is 0.327 e. The summed E-state index contributed by atoms with van der Waals surface area (Å²) >= 11 is 0. The van der Waals surface area contributed by atoms with Crippen molar-refractivity contribution in [2.75, 3.05) is 0 Å². The summed E-state index contributed by atoms with van der Waals surface area (Å²) < 4.78 is 1.98. The van der Waals surface area contributed by atoms with E-state index in [0.717, 1.165) is 18.2 Å². The maximum atomic E-state index is 6.02. The summed E-state index contributed by atoms with van der Waals surface area (Å²) in [4.78, 5) is 0. The molecule has 0 spiro atoms. The molecule has 0 aromatic carbocycles. The molecule has 0 saturated heterocycles. The highest BCUT2D eigenvalue weighted by Crippen LogP contribution is 2.56. The molecule has 1 aromatic rings. The Morgan fingerprint density at radius 1 is 1.53 bits per heavy atom. The molecule has 2 fully saturated rings. The van der Waals surface area contributed by atoms with Gasteiger partial charge in [-0.2, -0.15) is 0 Å². The normalized spacial score (nSPS) is 33.0. The van der Waals surface area contributed by atoms with Crippen molar-refractivity contribution in [3.63, 3.8) is 0 Å². The zero-order valence-corrected chi connectivity index (χ0v) is 9.35. The van der Waals surface area contributed by atoms with Crippen LogP contribution in [0.15, 0.2) is 6.20 Å². The summed E-state index contributed by atoms with van der Waals surface area (Å²) in [7, 11) is 0. The number of nitrogens with zero attached hydrogens (tertiary/aromatic N) is 3. The average molecular weight is 206 g/mol. The summed E-state index contributed by atoms with van der Waals surface area (Å²) in [5.74, 6) is 1.26. The zero-order chi connectivity index (χ0) is 10.6. The highest BCUT2D eigenvalue weighted by Gasteiger charge is 2.57. The second kappa shape index (κ2) is 2.82. The smallest absolute Gasteiger partial charge is 0.0879 e. The molecule has 0 radical (unpaired) electrons. The van der Waals surface area contributed by atoms with Crippen molar-refractivity contribution in [2.24, 2.45) is 17.1 Å². The van der Waals surface area contributed by atoms with Crippen molar-refractivity contribution >= 4 is 0 Å². The SMILES string of the molecule is CC1(C)[C@@H](N)[C@@H]1c1cn(CC2CC2)nn1. The van der Waals surface area contributed by atoms with Gasteiger partial charge < -0.3 is 5.73 Å². The molecule has 4 heteroatoms. The molecule has 0 bridgehead atoms. The van der Waals surface area contributed by atoms with Gasteiger partial charge in [0.15, 0.2) is 0 Å². The van der Waals surface area contributed by atoms with Crippen LogP contribution in [-0.2, 0) is 6.54 Å². The molecule has 1 aromatic heterocycles. The molecule has 3 rings (SSSR count). The molecule has 0 aliphatic heterocycles. The highest BCUT2D eigenvalue weighted by atomic mass is 15.4. The van der Waals surface area contributed by atoms with Crippen molar-refractivity contribution in [3.8, 4) is 0 Å². The van der Waals surface area contributed by atoms with Crippen LogP contribution in [0, 0.1) is 11.3 Å². The minimum atomic E-state index is 0.209. The first-order valence-electron chi connectivity index (χ1n) is 5.74. The topological polar surface area (TPSA) is 56.7 Å². The maximum Gasteiger partial charge on any atom is 0.0879 e. The van der Waals surface area contributed by atoms with Gasteiger partial charge in [-0.3, -0.25) is 4.68 Å². The molecule has 2 aliphatic carbocycles. The summed E-state index contributed by atoms with van der Waals surface area (Å²) in [5, 5.41) is 8.41. The van der Waals surface area contributed by atoms with Gasteiger partial charge in [0.05, 0.1) is 5.69 Å². The van der Waals surface area contributed by atoms with E-state index in [4.69, 9.17) is 5.73 Å². The molecule has 1 heterocycles. The predicted molar refractivity (Wildman–Crippen MR) is 57.2 cm³/mol. The first kappa shape index (κ1) is 9.33. The van der Waals surface area contributed by atoms with Crippen molar-refractivity contribution in [3.05, 3.63) is 11.9 Å². The molecule has 15 heavy (non-hydrogen) atoms. The fourth-order valence-electron chi connectivity index (χ4n) is 2.35. The van der Waals surface area contributed by atoms with Crippen LogP contribution in [0.4, 0.5) is 0 Å². The second-order valence-electron chi connectivity index (χ2n) is 5.63. The van der Waals surface area contributed by atoms with Gasteiger partial charge in [0.1, 0.15) is 0 Å². The summed E-state index contributed by atoms with van der Waals surface area (Å²) in [6.45, 7) is 5.43. The van der Waals surface area contributed by atoms with Crippen molar-refractivity contribution in [2.45, 2.75) is 45.2 Å². The van der Waals surface area contributed by atoms with Gasteiger partial charge in [0.2, 0.25) is 0 Å². The van der Waals surface area contributed by atoms with Crippen LogP contribution in [0.25, 0.3) is 0 Å². The molecule has 0 unspecified atom stereocenters. The highest BCUT2D eigenvalue weighted by molar-refractivity contribution is 5.26. The summed E-state index contributed by atoms with van der Waals surface area (Å²) in [6.07, 6.45) is 4.78. The molecular weight excluding hydrogens is 188 g/mol. The van der Waals surface area contributed by atoms with Crippen molar-refractivity contribution in [1.82, 2.24) is 15.0 Å². The Morgan fingerprint density at radius 3 is 2.73 bits per heavy atom. The number of rotatable bonds is 3. The van der Waals surface area contributed by atoms with E-state index in [-0.39, 0.29) is 11.5 Å². The van der Waals surface area contributed by atoms with Crippen LogP contribution in [0.3, 0.4) is 0 Å². The van der Waals surface area contributed by atoms with Gasteiger partial charge in [-0.25, -0.2) is 0 Å². The van der Waals surface area contributed by atoms with Crippen LogP contribution in [0.2, 0.25) is 0 Å². The molecule has 0 amide bonds. The monoisotopic (exact) mass is 206 g/mol. The fraction of sp³-hybridized carbons (Fsp3) is 0.818. The Morgan fingerprint density at radius 2 is 2.20 bits per heavy atom. The van der Waals surface area contributed by atoms with Crippen molar-refractivity contribution < 1.29 is 0 Å². The number of nitrogens with two attached hydrogens (primary N) is 1. The number of hydrogen-bond donors (Lipinski definition) is 1. The third-order valence-corrected chi connectivity index (χ3v) is 3.93. The van der Waals surface area contributed by atoms with E-state index in [1.165, 1.54) is 12.8 Å². The van der Waals surface area contributed by atoms with Crippen LogP contribution in [0.1, 0.15) is 38.3 Å². The maximum absolute atomic E-state index is 6.02. The van der Waals surface area contributed by atoms with Crippen LogP contribution >= 0.6 is 0 Å². The van der Waals surface area contributed by atoms with Gasteiger partial charge in [-0.15, -0.1) is 5.10 Å². The van der Waals surface area contributed by atoms with Gasteiger partial charge in [-0.1, -0.05) is 19.1 Å². The van der Waals surface area contributed by atoms with Crippen LogP contribution in [-0.4, -0.2) is 21.0 Å². The lowest BCUT2D eigenvalue weighted by Crippen LogP contribution is -2.06. The molecule has 2 atom stereocenters. The Hall–Kier alpha value is -0.900. The van der Waals surface area contributed by atoms with Gasteiger partial charge in [-0.05, 0) is 24.2 Å². The second-order valence-corrected chi connectivity index (χ2v) is 5.63. The summed E-state index contributed by atoms with van der Waals surface area (Å²) in [6, 6.07) is 0.253. The van der Waals surface area contributed by atoms with E-state index >= 15 is 0 Å². The first-order valence-corrected chi connectivity index (χ1v) is 5.74. The van der Waals surface area contributed by atoms with E-state index in [0.29, 0.717) is 5.92 Å². The van der Waals surface area contributed by atoms with Crippen molar-refractivity contribution in [1.29, 1.82) is 0 Å². The molecule has 82 valence electrons. The molecule has 4 nitrogen and oxygen atoms in total. The van der Waals surface area contributed by atoms with Gasteiger partial charge >= 0.3 is 0 Å². The van der Waals surface area contributed by atoms with Gasteiger partial charge in [0.25, 0.3) is 0 Å². The quantitative estimate of drug-likeness (QED) is 0.806. The molecule has 2 N–H and O–H groups in total. The minimum Gasteiger partial charge on any atom is -0.327 e. The van der Waals surface area contributed by atoms with E-state index in [9.17, 15) is 0 Å². The molecular formula is C11H18N4. The van der Waals surface area contributed by atoms with E-state index in [1.807, 2.05) is 4.68 Å². The average Bonchev–Trinajstić information content (AvgIpc) is 2.97. The lowest BCUT2D eigenvalue weighted by atomic mass is 10.1. The van der Waals surface area contributed by atoms with E-state index in [2.05, 4.69) is 30.4 Å². The summed E-state index contributed by atoms with van der Waals surface area (Å²) in [5.41, 5.74) is 7.31. The third-order valence-electron chi connectivity index (χ3n) is 3.93. The van der Waals surface area contributed by atoms with Crippen LogP contribution in [0.5, 0.6) is 0 Å². The van der Waals surface area contributed by atoms with Gasteiger partial charge in [0, 0.05) is 24.7 Å². The standard InChI is InChI=1S/C11H18N4/c1-11(2)9(10(11)12)8-6-15(14-13-8)5-7-3-4-7/h6-7,9-10H,3-5,12H2,1-2H3/t9-,10-/m0/s1. The Labute approximate surface area is 89.8 Å². The Balaban J connectivity index is 1.73. The Kier molecular flexibility index (Phi) is 1.75. The minimum absolute atomic E-state index is 0.209. The fourth-order valence-corrected chi connectivity index (χ4v) is 2.35. The predicted octanol–water partition coefficient (Wildman–Crippen LogP) is 1.14. The Bertz CT molecular complexity index is 378. The molecule has 2 aliphatic rings. The van der Waals surface area contributed by atoms with E-state index < -0.39 is 0 Å². The third kappa shape index (κ3) is 1.47. The lowest BCUT2D eigenvalue weighted by molar-refractivity contribution is 0.544. The zero-order valence-electron chi connectivity index (χ0n) is 9.35. The lowest BCUT2D eigenvalue weighted by Gasteiger charge is -1.97. The van der Waals surface area contributed by atoms with Crippen LogP contribution < -0.4 is 5.73 Å².